The Labute approximate surface area is 127 Å². The summed E-state index contributed by atoms with van der Waals surface area (Å²) in [5.41, 5.74) is 2.45. The van der Waals surface area contributed by atoms with E-state index < -0.39 is 0 Å². The third-order valence-corrected chi connectivity index (χ3v) is 4.01. The van der Waals surface area contributed by atoms with Gasteiger partial charge in [0.05, 0.1) is 5.39 Å². The monoisotopic (exact) mass is 308 g/mol. The van der Waals surface area contributed by atoms with Gasteiger partial charge in [-0.3, -0.25) is 10.2 Å². The minimum atomic E-state index is 0.139. The maximum absolute atomic E-state index is 12.0. The normalized spacial score (nSPS) is 10.6. The Bertz CT molecular complexity index is 610. The molecule has 0 unspecified atom stereocenters. The molecule has 114 valence electrons. The van der Waals surface area contributed by atoms with Crippen LogP contribution in [0.25, 0.3) is 10.2 Å². The van der Waals surface area contributed by atoms with Crippen molar-refractivity contribution in [2.45, 2.75) is 20.3 Å². The molecule has 2 heterocycles. The quantitative estimate of drug-likeness (QED) is 0.531. The molecule has 7 nitrogen and oxygen atoms in total. The molecule has 0 bridgehead atoms. The maximum Gasteiger partial charge on any atom is 0.240 e. The predicted octanol–water partition coefficient (Wildman–Crippen LogP) is 1.65. The van der Waals surface area contributed by atoms with E-state index in [1.165, 1.54) is 11.3 Å². The van der Waals surface area contributed by atoms with Crippen LogP contribution >= 0.6 is 11.3 Å². The topological polar surface area (TPSA) is 96.2 Å². The van der Waals surface area contributed by atoms with Gasteiger partial charge in [-0.1, -0.05) is 0 Å². The molecule has 2 aromatic rings. The van der Waals surface area contributed by atoms with Crippen molar-refractivity contribution < 1.29 is 4.79 Å². The molecule has 0 spiro atoms. The second-order valence-electron chi connectivity index (χ2n) is 4.42. The Hall–Kier alpha value is -1.93. The lowest BCUT2D eigenvalue weighted by Crippen LogP contribution is -2.31. The number of rotatable bonds is 7. The number of hydrazine groups is 1. The second-order valence-corrected chi connectivity index (χ2v) is 5.32. The number of hydrogen-bond acceptors (Lipinski definition) is 7. The van der Waals surface area contributed by atoms with E-state index in [0.717, 1.165) is 23.3 Å². The van der Waals surface area contributed by atoms with Crippen LogP contribution in [0.15, 0.2) is 11.4 Å². The minimum Gasteiger partial charge on any atom is -0.369 e. The highest BCUT2D eigenvalue weighted by Crippen LogP contribution is 2.26. The average Bonchev–Trinajstić information content (AvgIpc) is 2.96. The minimum absolute atomic E-state index is 0.139. The van der Waals surface area contributed by atoms with Crippen LogP contribution in [-0.4, -0.2) is 40.4 Å². The summed E-state index contributed by atoms with van der Waals surface area (Å²) in [4.78, 5) is 23.2. The number of nitrogen functional groups attached to an aromatic ring is 1. The Kier molecular flexibility index (Phi) is 5.29. The second kappa shape index (κ2) is 7.19. The van der Waals surface area contributed by atoms with Crippen molar-refractivity contribution in [3.63, 3.8) is 0 Å². The number of hydrogen-bond donors (Lipinski definition) is 3. The molecule has 0 saturated carbocycles. The third kappa shape index (κ3) is 3.59. The summed E-state index contributed by atoms with van der Waals surface area (Å²) in [7, 11) is 0. The molecule has 0 radical (unpaired) electrons. The van der Waals surface area contributed by atoms with Gasteiger partial charge in [0.25, 0.3) is 0 Å². The van der Waals surface area contributed by atoms with Crippen LogP contribution in [0.4, 0.5) is 11.8 Å². The first-order valence-corrected chi connectivity index (χ1v) is 7.81. The standard InChI is InChI=1S/C13H20N6OS/c1-3-19(4-2)10(20)5-7-15-11-9-6-8-21-12(9)17-13(16-11)18-14/h6,8H,3-5,7,14H2,1-2H3,(H2,15,16,17,18). The number of amides is 1. The summed E-state index contributed by atoms with van der Waals surface area (Å²) in [6.45, 7) is 5.96. The number of nitrogens with two attached hydrogens (primary N) is 1. The first kappa shape index (κ1) is 15.5. The summed E-state index contributed by atoms with van der Waals surface area (Å²) in [5.74, 6) is 6.57. The molecule has 0 fully saturated rings. The molecule has 21 heavy (non-hydrogen) atoms. The molecule has 0 aromatic carbocycles. The van der Waals surface area contributed by atoms with Gasteiger partial charge in [-0.25, -0.2) is 10.8 Å². The highest BCUT2D eigenvalue weighted by Gasteiger charge is 2.11. The smallest absolute Gasteiger partial charge is 0.240 e. The van der Waals surface area contributed by atoms with E-state index in [4.69, 9.17) is 5.84 Å². The lowest BCUT2D eigenvalue weighted by Gasteiger charge is -2.18. The number of carbonyl (C=O) groups excluding carboxylic acids is 1. The van der Waals surface area contributed by atoms with Crippen LogP contribution in [-0.2, 0) is 4.79 Å². The van der Waals surface area contributed by atoms with Gasteiger partial charge in [-0.2, -0.15) is 4.98 Å². The van der Waals surface area contributed by atoms with Gasteiger partial charge in [-0.05, 0) is 25.3 Å². The van der Waals surface area contributed by atoms with Gasteiger partial charge in [-0.15, -0.1) is 11.3 Å². The molecule has 1 amide bonds. The van der Waals surface area contributed by atoms with Crippen molar-refractivity contribution >= 4 is 39.2 Å². The zero-order valence-electron chi connectivity index (χ0n) is 12.2. The molecular weight excluding hydrogens is 288 g/mol. The summed E-state index contributed by atoms with van der Waals surface area (Å²) in [6, 6.07) is 1.95. The SMILES string of the molecule is CCN(CC)C(=O)CCNc1nc(NN)nc2sccc12. The van der Waals surface area contributed by atoms with Crippen molar-refractivity contribution in [1.29, 1.82) is 0 Å². The van der Waals surface area contributed by atoms with E-state index in [9.17, 15) is 4.79 Å². The molecule has 0 aliphatic heterocycles. The van der Waals surface area contributed by atoms with Gasteiger partial charge < -0.3 is 10.2 Å². The van der Waals surface area contributed by atoms with Crippen molar-refractivity contribution in [3.8, 4) is 0 Å². The number of thiophene rings is 1. The fourth-order valence-corrected chi connectivity index (χ4v) is 2.84. The Morgan fingerprint density at radius 1 is 1.38 bits per heavy atom. The number of aromatic nitrogens is 2. The van der Waals surface area contributed by atoms with E-state index in [1.807, 2.05) is 30.2 Å². The van der Waals surface area contributed by atoms with Crippen molar-refractivity contribution in [3.05, 3.63) is 11.4 Å². The zero-order chi connectivity index (χ0) is 15.2. The summed E-state index contributed by atoms with van der Waals surface area (Å²) in [6.07, 6.45) is 0.433. The van der Waals surface area contributed by atoms with Gasteiger partial charge in [0, 0.05) is 26.1 Å². The number of nitrogens with one attached hydrogen (secondary N) is 2. The predicted molar refractivity (Wildman–Crippen MR) is 86.3 cm³/mol. The Morgan fingerprint density at radius 3 is 2.81 bits per heavy atom. The molecule has 8 heteroatoms. The lowest BCUT2D eigenvalue weighted by atomic mass is 10.3. The van der Waals surface area contributed by atoms with E-state index in [2.05, 4.69) is 20.7 Å². The summed E-state index contributed by atoms with van der Waals surface area (Å²) in [5, 5.41) is 6.08. The van der Waals surface area contributed by atoms with Crippen LogP contribution in [0, 0.1) is 0 Å². The van der Waals surface area contributed by atoms with Crippen LogP contribution in [0.3, 0.4) is 0 Å². The van der Waals surface area contributed by atoms with E-state index in [0.29, 0.717) is 24.7 Å². The Balaban J connectivity index is 2.03. The molecule has 0 aliphatic rings. The van der Waals surface area contributed by atoms with Crippen molar-refractivity contribution in [2.75, 3.05) is 30.4 Å². The van der Waals surface area contributed by atoms with E-state index >= 15 is 0 Å². The molecule has 2 rings (SSSR count). The molecule has 0 atom stereocenters. The van der Waals surface area contributed by atoms with Gasteiger partial charge in [0.15, 0.2) is 0 Å². The third-order valence-electron chi connectivity index (χ3n) is 3.20. The molecule has 0 saturated heterocycles. The van der Waals surface area contributed by atoms with E-state index in [-0.39, 0.29) is 5.91 Å². The van der Waals surface area contributed by atoms with Crippen LogP contribution in [0.2, 0.25) is 0 Å². The summed E-state index contributed by atoms with van der Waals surface area (Å²) < 4.78 is 0. The Morgan fingerprint density at radius 2 is 2.14 bits per heavy atom. The number of nitrogens with zero attached hydrogens (tertiary/aromatic N) is 3. The average molecular weight is 308 g/mol. The number of fused-ring (bicyclic) bond motifs is 1. The maximum atomic E-state index is 12.0. The fraction of sp³-hybridized carbons (Fsp3) is 0.462. The number of carbonyl (C=O) groups is 1. The highest BCUT2D eigenvalue weighted by molar-refractivity contribution is 7.16. The molecule has 2 aromatic heterocycles. The van der Waals surface area contributed by atoms with Crippen molar-refractivity contribution in [1.82, 2.24) is 14.9 Å². The summed E-state index contributed by atoms with van der Waals surface area (Å²) >= 11 is 1.52. The van der Waals surface area contributed by atoms with Gasteiger partial charge >= 0.3 is 0 Å². The zero-order valence-corrected chi connectivity index (χ0v) is 13.0. The molecule has 0 aliphatic carbocycles. The van der Waals surface area contributed by atoms with Crippen molar-refractivity contribution in [2.24, 2.45) is 5.84 Å². The fourth-order valence-electron chi connectivity index (χ4n) is 2.08. The number of anilines is 2. The van der Waals surface area contributed by atoms with Crippen LogP contribution in [0.5, 0.6) is 0 Å². The largest absolute Gasteiger partial charge is 0.369 e. The van der Waals surface area contributed by atoms with Crippen LogP contribution in [0.1, 0.15) is 20.3 Å². The van der Waals surface area contributed by atoms with E-state index in [1.54, 1.807) is 0 Å². The first-order chi connectivity index (χ1) is 10.2. The van der Waals surface area contributed by atoms with Crippen LogP contribution < -0.4 is 16.6 Å². The molecule has 4 N–H and O–H groups in total. The first-order valence-electron chi connectivity index (χ1n) is 6.93. The lowest BCUT2D eigenvalue weighted by molar-refractivity contribution is -0.130. The van der Waals surface area contributed by atoms with Gasteiger partial charge in [0.2, 0.25) is 11.9 Å². The molecular formula is C13H20N6OS. The van der Waals surface area contributed by atoms with Gasteiger partial charge in [0.1, 0.15) is 10.6 Å². The highest BCUT2D eigenvalue weighted by atomic mass is 32.1.